The molecular formula is C15H11ClF3NO4. The second-order valence-corrected chi connectivity index (χ2v) is 4.90. The van der Waals surface area contributed by atoms with Crippen LogP contribution in [0.5, 0.6) is 17.4 Å². The normalized spacial score (nSPS) is 11.2. The molecule has 1 heterocycles. The lowest BCUT2D eigenvalue weighted by Gasteiger charge is -2.16. The molecule has 9 heteroatoms. The van der Waals surface area contributed by atoms with Gasteiger partial charge in [-0.3, -0.25) is 4.79 Å². The molecule has 2 aromatic rings. The van der Waals surface area contributed by atoms with E-state index in [1.54, 1.807) is 18.2 Å². The minimum Gasteiger partial charge on any atom is -0.481 e. The van der Waals surface area contributed by atoms with Gasteiger partial charge in [0, 0.05) is 6.20 Å². The van der Waals surface area contributed by atoms with Gasteiger partial charge >= 0.3 is 12.1 Å². The summed E-state index contributed by atoms with van der Waals surface area (Å²) in [6, 6.07) is 7.76. The molecule has 0 spiro atoms. The summed E-state index contributed by atoms with van der Waals surface area (Å²) in [5, 5.41) is 8.07. The zero-order chi connectivity index (χ0) is 17.7. The van der Waals surface area contributed by atoms with Gasteiger partial charge in [-0.05, 0) is 12.1 Å². The first kappa shape index (κ1) is 17.9. The Bertz CT molecular complexity index is 723. The average molecular weight is 362 g/mol. The van der Waals surface area contributed by atoms with E-state index in [2.05, 4.69) is 4.98 Å². The van der Waals surface area contributed by atoms with Gasteiger partial charge in [-0.25, -0.2) is 4.98 Å². The van der Waals surface area contributed by atoms with E-state index < -0.39 is 28.5 Å². The summed E-state index contributed by atoms with van der Waals surface area (Å²) in [6.45, 7) is -0.293. The minimum absolute atomic E-state index is 0.146. The number of rotatable bonds is 6. The quantitative estimate of drug-likeness (QED) is 0.826. The summed E-state index contributed by atoms with van der Waals surface area (Å²) in [4.78, 5) is 14.0. The van der Waals surface area contributed by atoms with Gasteiger partial charge in [0.25, 0.3) is 0 Å². The highest BCUT2D eigenvalue weighted by molar-refractivity contribution is 6.33. The fourth-order valence-corrected chi connectivity index (χ4v) is 1.94. The van der Waals surface area contributed by atoms with Crippen LogP contribution in [0.1, 0.15) is 12.0 Å². The number of carboxylic acids is 1. The van der Waals surface area contributed by atoms with Gasteiger partial charge in [0.2, 0.25) is 5.88 Å². The van der Waals surface area contributed by atoms with E-state index in [9.17, 15) is 18.0 Å². The fraction of sp³-hybridized carbons (Fsp3) is 0.200. The standard InChI is InChI=1S/C15H11ClF3NO4/c16-12-13(24-9-4-2-1-3-5-9)10(15(17,18)19)8-20-14(12)23-7-6-11(21)22/h1-5,8H,6-7H2,(H,21,22). The van der Waals surface area contributed by atoms with Crippen LogP contribution in [-0.4, -0.2) is 22.7 Å². The van der Waals surface area contributed by atoms with Crippen molar-refractivity contribution in [1.29, 1.82) is 0 Å². The first-order chi connectivity index (χ1) is 11.3. The van der Waals surface area contributed by atoms with Gasteiger partial charge in [0.05, 0.1) is 6.42 Å². The van der Waals surface area contributed by atoms with Crippen LogP contribution in [0.2, 0.25) is 5.02 Å². The number of carbonyl (C=O) groups is 1. The number of aromatic nitrogens is 1. The van der Waals surface area contributed by atoms with Crippen molar-refractivity contribution in [1.82, 2.24) is 4.98 Å². The summed E-state index contributed by atoms with van der Waals surface area (Å²) in [5.41, 5.74) is -1.16. The molecule has 1 N–H and O–H groups in total. The third-order valence-electron chi connectivity index (χ3n) is 2.77. The summed E-state index contributed by atoms with van der Waals surface area (Å²) < 4.78 is 49.6. The van der Waals surface area contributed by atoms with Crippen LogP contribution in [0.25, 0.3) is 0 Å². The monoisotopic (exact) mass is 361 g/mol. The molecule has 24 heavy (non-hydrogen) atoms. The summed E-state index contributed by atoms with van der Waals surface area (Å²) in [7, 11) is 0. The van der Waals surface area contributed by atoms with Crippen molar-refractivity contribution in [3.05, 3.63) is 47.1 Å². The molecule has 0 unspecified atom stereocenters. The first-order valence-corrected chi connectivity index (χ1v) is 7.00. The Labute approximate surface area is 139 Å². The summed E-state index contributed by atoms with van der Waals surface area (Å²) in [6.07, 6.45) is -4.56. The van der Waals surface area contributed by atoms with Gasteiger partial charge in [0.15, 0.2) is 5.75 Å². The highest BCUT2D eigenvalue weighted by Gasteiger charge is 2.37. The number of para-hydroxylation sites is 1. The topological polar surface area (TPSA) is 68.7 Å². The summed E-state index contributed by atoms with van der Waals surface area (Å²) >= 11 is 5.93. The molecule has 1 aromatic heterocycles. The average Bonchev–Trinajstić information content (AvgIpc) is 2.50. The number of hydrogen-bond acceptors (Lipinski definition) is 4. The third-order valence-corrected chi connectivity index (χ3v) is 3.10. The van der Waals surface area contributed by atoms with Gasteiger partial charge in [0.1, 0.15) is 22.9 Å². The molecule has 0 aliphatic rings. The van der Waals surface area contributed by atoms with Crippen molar-refractivity contribution in [2.24, 2.45) is 0 Å². The Morgan fingerprint density at radius 2 is 1.92 bits per heavy atom. The van der Waals surface area contributed by atoms with E-state index in [0.717, 1.165) is 0 Å². The number of aliphatic carboxylic acids is 1. The molecule has 5 nitrogen and oxygen atoms in total. The number of benzene rings is 1. The van der Waals surface area contributed by atoms with Crippen molar-refractivity contribution in [3.8, 4) is 17.4 Å². The summed E-state index contributed by atoms with van der Waals surface area (Å²) in [5.74, 6) is -1.97. The Morgan fingerprint density at radius 1 is 1.25 bits per heavy atom. The van der Waals surface area contributed by atoms with Gasteiger partial charge in [-0.1, -0.05) is 29.8 Å². The highest BCUT2D eigenvalue weighted by atomic mass is 35.5. The Kier molecular flexibility index (Phi) is 5.50. The molecule has 128 valence electrons. The van der Waals surface area contributed by atoms with Crippen LogP contribution >= 0.6 is 11.6 Å². The zero-order valence-electron chi connectivity index (χ0n) is 12.0. The van der Waals surface area contributed by atoms with Crippen LogP contribution in [0.3, 0.4) is 0 Å². The van der Waals surface area contributed by atoms with Crippen molar-refractivity contribution in [3.63, 3.8) is 0 Å². The lowest BCUT2D eigenvalue weighted by Crippen LogP contribution is -2.11. The molecule has 0 atom stereocenters. The van der Waals surface area contributed by atoms with Crippen molar-refractivity contribution in [2.75, 3.05) is 6.61 Å². The van der Waals surface area contributed by atoms with Gasteiger partial charge in [-0.15, -0.1) is 0 Å². The molecular weight excluding hydrogens is 351 g/mol. The number of halogens is 4. The maximum atomic E-state index is 13.1. The molecule has 0 aliphatic heterocycles. The minimum atomic E-state index is -4.74. The maximum Gasteiger partial charge on any atom is 0.421 e. The molecule has 0 amide bonds. The number of carboxylic acid groups (broad SMARTS) is 1. The molecule has 0 saturated heterocycles. The largest absolute Gasteiger partial charge is 0.481 e. The molecule has 1 aromatic carbocycles. The van der Waals surface area contributed by atoms with Crippen LogP contribution < -0.4 is 9.47 Å². The third kappa shape index (κ3) is 4.51. The highest BCUT2D eigenvalue weighted by Crippen LogP contribution is 2.44. The van der Waals surface area contributed by atoms with E-state index in [1.807, 2.05) is 0 Å². The number of ether oxygens (including phenoxy) is 2. The molecule has 0 fully saturated rings. The van der Waals surface area contributed by atoms with Crippen LogP contribution in [-0.2, 0) is 11.0 Å². The van der Waals surface area contributed by atoms with Gasteiger partial charge in [-0.2, -0.15) is 13.2 Å². The van der Waals surface area contributed by atoms with Crippen molar-refractivity contribution >= 4 is 17.6 Å². The number of hydrogen-bond donors (Lipinski definition) is 1. The van der Waals surface area contributed by atoms with E-state index in [0.29, 0.717) is 6.20 Å². The molecule has 0 saturated carbocycles. The molecule has 0 bridgehead atoms. The number of nitrogens with zero attached hydrogens (tertiary/aromatic N) is 1. The predicted octanol–water partition coefficient (Wildman–Crippen LogP) is 4.40. The van der Waals surface area contributed by atoms with Crippen LogP contribution in [0.15, 0.2) is 36.5 Å². The van der Waals surface area contributed by atoms with Crippen LogP contribution in [0.4, 0.5) is 13.2 Å². The smallest absolute Gasteiger partial charge is 0.421 e. The maximum absolute atomic E-state index is 13.1. The second-order valence-electron chi connectivity index (χ2n) is 4.53. The van der Waals surface area contributed by atoms with E-state index in [-0.39, 0.29) is 24.7 Å². The predicted molar refractivity (Wildman–Crippen MR) is 78.5 cm³/mol. The molecule has 0 aliphatic carbocycles. The first-order valence-electron chi connectivity index (χ1n) is 6.62. The van der Waals surface area contributed by atoms with E-state index in [1.165, 1.54) is 12.1 Å². The number of alkyl halides is 3. The Hall–Kier alpha value is -2.48. The fourth-order valence-electron chi connectivity index (χ4n) is 1.70. The SMILES string of the molecule is O=C(O)CCOc1ncc(C(F)(F)F)c(Oc2ccccc2)c1Cl. The Morgan fingerprint density at radius 3 is 2.50 bits per heavy atom. The molecule has 0 radical (unpaired) electrons. The van der Waals surface area contributed by atoms with Crippen molar-refractivity contribution < 1.29 is 32.5 Å². The number of pyridine rings is 1. The van der Waals surface area contributed by atoms with Crippen LogP contribution in [0, 0.1) is 0 Å². The zero-order valence-corrected chi connectivity index (χ0v) is 12.8. The Balaban J connectivity index is 2.37. The lowest BCUT2D eigenvalue weighted by atomic mass is 10.2. The van der Waals surface area contributed by atoms with Gasteiger partial charge < -0.3 is 14.6 Å². The van der Waals surface area contributed by atoms with E-state index in [4.69, 9.17) is 26.2 Å². The van der Waals surface area contributed by atoms with Crippen molar-refractivity contribution in [2.45, 2.75) is 12.6 Å². The lowest BCUT2D eigenvalue weighted by molar-refractivity contribution is -0.139. The van der Waals surface area contributed by atoms with E-state index >= 15 is 0 Å². The molecule has 2 rings (SSSR count). The second kappa shape index (κ2) is 7.39.